The van der Waals surface area contributed by atoms with E-state index in [-0.39, 0.29) is 5.69 Å². The van der Waals surface area contributed by atoms with Crippen LogP contribution in [0.25, 0.3) is 0 Å². The molecule has 1 rings (SSSR count). The van der Waals surface area contributed by atoms with Gasteiger partial charge in [-0.2, -0.15) is 5.10 Å². The number of hydrogen-bond donors (Lipinski definition) is 1. The van der Waals surface area contributed by atoms with E-state index >= 15 is 0 Å². The van der Waals surface area contributed by atoms with Gasteiger partial charge in [-0.1, -0.05) is 6.58 Å². The normalized spacial score (nSPS) is 10.4. The molecule has 0 saturated heterocycles. The second kappa shape index (κ2) is 4.89. The number of hydrogen-bond acceptors (Lipinski definition) is 4. The molecule has 16 heavy (non-hydrogen) atoms. The minimum atomic E-state index is -0.394. The fraction of sp³-hybridized carbons (Fsp3) is 0.500. The van der Waals surface area contributed by atoms with Crippen LogP contribution in [0.4, 0.5) is 5.69 Å². The molecule has 88 valence electrons. The first kappa shape index (κ1) is 12.4. The molecule has 1 aromatic rings. The summed E-state index contributed by atoms with van der Waals surface area (Å²) >= 11 is 0. The molecule has 0 bridgehead atoms. The topological polar surface area (TPSA) is 73.0 Å². The average Bonchev–Trinajstić information content (AvgIpc) is 2.42. The molecule has 0 radical (unpaired) electrons. The van der Waals surface area contributed by atoms with Gasteiger partial charge in [0.05, 0.1) is 11.5 Å². The van der Waals surface area contributed by atoms with Gasteiger partial charge < -0.3 is 5.32 Å². The summed E-state index contributed by atoms with van der Waals surface area (Å²) in [5.41, 5.74) is 2.04. The first-order chi connectivity index (χ1) is 7.47. The van der Waals surface area contributed by atoms with Gasteiger partial charge in [0, 0.05) is 6.54 Å². The van der Waals surface area contributed by atoms with Crippen molar-refractivity contribution in [2.45, 2.75) is 20.4 Å². The smallest absolute Gasteiger partial charge is 0.312 e. The van der Waals surface area contributed by atoms with Crippen LogP contribution in [0, 0.1) is 24.0 Å². The number of nitro groups is 1. The van der Waals surface area contributed by atoms with Crippen molar-refractivity contribution >= 4 is 5.69 Å². The Bertz CT molecular complexity index is 423. The van der Waals surface area contributed by atoms with E-state index in [9.17, 15) is 10.1 Å². The first-order valence-electron chi connectivity index (χ1n) is 4.97. The Balaban J connectivity index is 2.95. The van der Waals surface area contributed by atoms with Gasteiger partial charge in [-0.05, 0) is 26.5 Å². The maximum absolute atomic E-state index is 10.8. The molecule has 0 saturated carbocycles. The lowest BCUT2D eigenvalue weighted by atomic mass is 10.3. The Morgan fingerprint density at radius 2 is 2.25 bits per heavy atom. The molecule has 0 atom stereocenters. The highest BCUT2D eigenvalue weighted by atomic mass is 16.6. The standard InChI is InChI=1S/C10H16N4O2/c1-7(5-11-4)6-13-9(3)10(14(15)16)8(2)12-13/h11H,1,5-6H2,2-4H3. The SMILES string of the molecule is C=C(CNC)Cn1nc(C)c([N+](=O)[O-])c1C. The number of nitrogens with zero attached hydrogens (tertiary/aromatic N) is 3. The third-order valence-electron chi connectivity index (χ3n) is 2.33. The van der Waals surface area contributed by atoms with Crippen molar-refractivity contribution in [2.24, 2.45) is 0 Å². The number of aromatic nitrogens is 2. The largest absolute Gasteiger partial charge is 0.316 e. The third kappa shape index (κ3) is 2.46. The summed E-state index contributed by atoms with van der Waals surface area (Å²) in [6, 6.07) is 0. The molecule has 6 heteroatoms. The highest BCUT2D eigenvalue weighted by Gasteiger charge is 2.21. The molecular formula is C10H16N4O2. The van der Waals surface area contributed by atoms with Crippen LogP contribution in [-0.4, -0.2) is 28.3 Å². The van der Waals surface area contributed by atoms with Crippen LogP contribution in [0.1, 0.15) is 11.4 Å². The Hall–Kier alpha value is -1.69. The predicted octanol–water partition coefficient (Wildman–Crippen LogP) is 1.18. The first-order valence-corrected chi connectivity index (χ1v) is 4.97. The van der Waals surface area contributed by atoms with Gasteiger partial charge in [-0.25, -0.2) is 0 Å². The van der Waals surface area contributed by atoms with Crippen LogP contribution in [0.2, 0.25) is 0 Å². The molecule has 0 unspecified atom stereocenters. The third-order valence-corrected chi connectivity index (χ3v) is 2.33. The van der Waals surface area contributed by atoms with Crippen molar-refractivity contribution in [3.05, 3.63) is 33.7 Å². The number of rotatable bonds is 5. The maximum Gasteiger partial charge on any atom is 0.312 e. The fourth-order valence-electron chi connectivity index (χ4n) is 1.62. The molecule has 0 aromatic carbocycles. The van der Waals surface area contributed by atoms with Crippen molar-refractivity contribution in [3.63, 3.8) is 0 Å². The summed E-state index contributed by atoms with van der Waals surface area (Å²) in [4.78, 5) is 10.4. The molecule has 6 nitrogen and oxygen atoms in total. The summed E-state index contributed by atoms with van der Waals surface area (Å²) in [5.74, 6) is 0. The number of nitrogens with one attached hydrogen (secondary N) is 1. The maximum atomic E-state index is 10.8. The van der Waals surface area contributed by atoms with Crippen molar-refractivity contribution in [1.82, 2.24) is 15.1 Å². The van der Waals surface area contributed by atoms with E-state index in [1.807, 2.05) is 7.05 Å². The van der Waals surface area contributed by atoms with E-state index in [0.29, 0.717) is 24.5 Å². The van der Waals surface area contributed by atoms with E-state index in [4.69, 9.17) is 0 Å². The lowest BCUT2D eigenvalue weighted by molar-refractivity contribution is -0.386. The second-order valence-corrected chi connectivity index (χ2v) is 3.71. The molecule has 1 N–H and O–H groups in total. The van der Waals surface area contributed by atoms with Gasteiger partial charge in [0.25, 0.3) is 0 Å². The molecule has 1 heterocycles. The summed E-state index contributed by atoms with van der Waals surface area (Å²) in [5, 5.41) is 17.9. The Kier molecular flexibility index (Phi) is 3.78. The highest BCUT2D eigenvalue weighted by molar-refractivity contribution is 5.39. The van der Waals surface area contributed by atoms with Gasteiger partial charge >= 0.3 is 5.69 Å². The highest BCUT2D eigenvalue weighted by Crippen LogP contribution is 2.22. The molecule has 0 amide bonds. The quantitative estimate of drug-likeness (QED) is 0.463. The molecule has 0 fully saturated rings. The van der Waals surface area contributed by atoms with Crippen molar-refractivity contribution in [1.29, 1.82) is 0 Å². The summed E-state index contributed by atoms with van der Waals surface area (Å²) < 4.78 is 1.62. The van der Waals surface area contributed by atoms with Crippen LogP contribution in [0.3, 0.4) is 0 Å². The Morgan fingerprint density at radius 1 is 1.62 bits per heavy atom. The zero-order valence-corrected chi connectivity index (χ0v) is 9.78. The zero-order valence-electron chi connectivity index (χ0n) is 9.78. The molecule has 0 spiro atoms. The van der Waals surface area contributed by atoms with Crippen LogP contribution < -0.4 is 5.32 Å². The minimum Gasteiger partial charge on any atom is -0.316 e. The van der Waals surface area contributed by atoms with E-state index < -0.39 is 4.92 Å². The number of likely N-dealkylation sites (N-methyl/N-ethyl adjacent to an activating group) is 1. The zero-order chi connectivity index (χ0) is 12.3. The second-order valence-electron chi connectivity index (χ2n) is 3.71. The molecule has 0 aliphatic rings. The monoisotopic (exact) mass is 224 g/mol. The van der Waals surface area contributed by atoms with Crippen LogP contribution >= 0.6 is 0 Å². The van der Waals surface area contributed by atoms with Crippen LogP contribution in [-0.2, 0) is 6.54 Å². The fourth-order valence-corrected chi connectivity index (χ4v) is 1.62. The van der Waals surface area contributed by atoms with Crippen molar-refractivity contribution in [2.75, 3.05) is 13.6 Å². The van der Waals surface area contributed by atoms with Crippen LogP contribution in [0.15, 0.2) is 12.2 Å². The molecule has 1 aromatic heterocycles. The average molecular weight is 224 g/mol. The van der Waals surface area contributed by atoms with Crippen molar-refractivity contribution < 1.29 is 4.92 Å². The minimum absolute atomic E-state index is 0.0947. The van der Waals surface area contributed by atoms with Gasteiger partial charge in [0.2, 0.25) is 0 Å². The predicted molar refractivity (Wildman–Crippen MR) is 61.4 cm³/mol. The lowest BCUT2D eigenvalue weighted by Gasteiger charge is -2.06. The van der Waals surface area contributed by atoms with Gasteiger partial charge in [-0.3, -0.25) is 14.8 Å². The summed E-state index contributed by atoms with van der Waals surface area (Å²) in [6.07, 6.45) is 0. The van der Waals surface area contributed by atoms with E-state index in [2.05, 4.69) is 17.0 Å². The number of aryl methyl sites for hydroxylation is 1. The van der Waals surface area contributed by atoms with Gasteiger partial charge in [0.15, 0.2) is 0 Å². The van der Waals surface area contributed by atoms with Crippen molar-refractivity contribution in [3.8, 4) is 0 Å². The van der Waals surface area contributed by atoms with Gasteiger partial charge in [0.1, 0.15) is 11.4 Å². The van der Waals surface area contributed by atoms with Gasteiger partial charge in [-0.15, -0.1) is 0 Å². The summed E-state index contributed by atoms with van der Waals surface area (Å²) in [7, 11) is 1.83. The van der Waals surface area contributed by atoms with E-state index in [1.165, 1.54) is 0 Å². The van der Waals surface area contributed by atoms with E-state index in [1.54, 1.807) is 18.5 Å². The molecule has 0 aliphatic carbocycles. The van der Waals surface area contributed by atoms with Crippen LogP contribution in [0.5, 0.6) is 0 Å². The molecule has 0 aliphatic heterocycles. The van der Waals surface area contributed by atoms with E-state index in [0.717, 1.165) is 5.57 Å². The Morgan fingerprint density at radius 3 is 2.69 bits per heavy atom. The lowest BCUT2D eigenvalue weighted by Crippen LogP contribution is -2.15. The summed E-state index contributed by atoms with van der Waals surface area (Å²) in [6.45, 7) is 8.39. The molecular weight excluding hydrogens is 208 g/mol. The Labute approximate surface area is 94.1 Å².